The van der Waals surface area contributed by atoms with Gasteiger partial charge >= 0.3 is 0 Å². The van der Waals surface area contributed by atoms with Gasteiger partial charge in [-0.25, -0.2) is 0 Å². The molecule has 1 rings (SSSR count). The molecule has 0 amide bonds. The minimum atomic E-state index is -0.629. The highest BCUT2D eigenvalue weighted by Gasteiger charge is 2.23. The van der Waals surface area contributed by atoms with Crippen LogP contribution in [0.3, 0.4) is 0 Å². The maximum absolute atomic E-state index is 10.2. The van der Waals surface area contributed by atoms with E-state index in [1.807, 2.05) is 20.8 Å². The van der Waals surface area contributed by atoms with E-state index in [1.165, 1.54) is 0 Å². The van der Waals surface area contributed by atoms with Crippen LogP contribution in [0.5, 0.6) is 11.5 Å². The van der Waals surface area contributed by atoms with Gasteiger partial charge in [0.1, 0.15) is 0 Å². The summed E-state index contributed by atoms with van der Waals surface area (Å²) in [6, 6.07) is 2.89. The lowest BCUT2D eigenvalue weighted by atomic mass is 9.91. The minimum Gasteiger partial charge on any atom is -0.503 e. The van der Waals surface area contributed by atoms with Gasteiger partial charge in [0.05, 0.1) is 23.2 Å². The second-order valence-corrected chi connectivity index (χ2v) is 5.54. The molecular weight excluding hydrogens is 346 g/mol. The first kappa shape index (κ1) is 19.5. The van der Waals surface area contributed by atoms with Crippen LogP contribution in [0.15, 0.2) is 16.6 Å². The van der Waals surface area contributed by atoms with Crippen LogP contribution in [0.2, 0.25) is 0 Å². The molecule has 1 aromatic carbocycles. The van der Waals surface area contributed by atoms with Crippen molar-refractivity contribution in [2.45, 2.75) is 39.3 Å². The van der Waals surface area contributed by atoms with E-state index in [-0.39, 0.29) is 24.1 Å². The van der Waals surface area contributed by atoms with E-state index in [4.69, 9.17) is 10.5 Å². The van der Waals surface area contributed by atoms with Crippen molar-refractivity contribution < 1.29 is 14.9 Å². The predicted octanol–water partition coefficient (Wildman–Crippen LogP) is 3.38. The predicted molar refractivity (Wildman–Crippen MR) is 86.6 cm³/mol. The summed E-state index contributed by atoms with van der Waals surface area (Å²) in [4.78, 5) is 0. The van der Waals surface area contributed by atoms with Crippen LogP contribution < -0.4 is 10.5 Å². The van der Waals surface area contributed by atoms with Crippen molar-refractivity contribution in [1.29, 1.82) is 0 Å². The zero-order chi connectivity index (χ0) is 14.6. The number of aliphatic hydroxyl groups excluding tert-OH is 1. The zero-order valence-corrected chi connectivity index (χ0v) is 14.4. The number of hydrogen-bond donors (Lipinski definition) is 3. The molecule has 0 aliphatic heterocycles. The number of hydrogen-bond acceptors (Lipinski definition) is 4. The monoisotopic (exact) mass is 367 g/mol. The Morgan fingerprint density at radius 3 is 2.45 bits per heavy atom. The summed E-state index contributed by atoms with van der Waals surface area (Å²) in [7, 11) is 0. The Kier molecular flexibility index (Phi) is 8.51. The average Bonchev–Trinajstić information content (AvgIpc) is 2.41. The van der Waals surface area contributed by atoms with E-state index < -0.39 is 12.1 Å². The number of phenolic OH excluding ortho intramolecular Hbond substituents is 1. The highest BCUT2D eigenvalue weighted by atomic mass is 79.9. The highest BCUT2D eigenvalue weighted by Crippen LogP contribution is 2.37. The second-order valence-electron chi connectivity index (χ2n) is 4.68. The largest absolute Gasteiger partial charge is 0.503 e. The SMILES string of the molecule is CCOc1cc([C@@H](N)[C@@H](O)C(C)CC)cc(Br)c1O.Cl. The summed E-state index contributed by atoms with van der Waals surface area (Å²) in [5, 5.41) is 20.0. The number of rotatable bonds is 6. The Bertz CT molecular complexity index is 431. The van der Waals surface area contributed by atoms with E-state index in [2.05, 4.69) is 15.9 Å². The second kappa shape index (κ2) is 8.72. The fourth-order valence-electron chi connectivity index (χ4n) is 1.84. The lowest BCUT2D eigenvalue weighted by Gasteiger charge is -2.25. The molecule has 0 aromatic heterocycles. The summed E-state index contributed by atoms with van der Waals surface area (Å²) in [5.41, 5.74) is 6.83. The van der Waals surface area contributed by atoms with Gasteiger partial charge in [0, 0.05) is 0 Å². The third-order valence-corrected chi connectivity index (χ3v) is 3.93. The summed E-state index contributed by atoms with van der Waals surface area (Å²) in [6.45, 7) is 6.27. The first-order valence-corrected chi connectivity index (χ1v) is 7.30. The van der Waals surface area contributed by atoms with Crippen molar-refractivity contribution in [3.63, 3.8) is 0 Å². The molecule has 3 atom stereocenters. The molecule has 0 fully saturated rings. The van der Waals surface area contributed by atoms with Crippen LogP contribution >= 0.6 is 28.3 Å². The number of aromatic hydroxyl groups is 1. The smallest absolute Gasteiger partial charge is 0.172 e. The van der Waals surface area contributed by atoms with Crippen LogP contribution in [0, 0.1) is 5.92 Å². The van der Waals surface area contributed by atoms with Gasteiger partial charge in [0.25, 0.3) is 0 Å². The summed E-state index contributed by atoms with van der Waals surface area (Å²) in [6.07, 6.45) is 0.225. The van der Waals surface area contributed by atoms with E-state index in [0.29, 0.717) is 16.8 Å². The van der Waals surface area contributed by atoms with Crippen LogP contribution in [0.4, 0.5) is 0 Å². The van der Waals surface area contributed by atoms with E-state index in [0.717, 1.165) is 12.0 Å². The first-order chi connectivity index (χ1) is 8.92. The van der Waals surface area contributed by atoms with Crippen molar-refractivity contribution in [2.75, 3.05) is 6.61 Å². The van der Waals surface area contributed by atoms with E-state index in [9.17, 15) is 10.2 Å². The van der Waals surface area contributed by atoms with Crippen molar-refractivity contribution in [3.05, 3.63) is 22.2 Å². The Balaban J connectivity index is 0.00000361. The van der Waals surface area contributed by atoms with Crippen LogP contribution in [-0.2, 0) is 0 Å². The van der Waals surface area contributed by atoms with Gasteiger partial charge in [-0.2, -0.15) is 0 Å². The Morgan fingerprint density at radius 1 is 1.35 bits per heavy atom. The first-order valence-electron chi connectivity index (χ1n) is 6.51. The molecule has 0 heterocycles. The number of benzene rings is 1. The topological polar surface area (TPSA) is 75.7 Å². The lowest BCUT2D eigenvalue weighted by Crippen LogP contribution is -2.31. The maximum Gasteiger partial charge on any atom is 0.172 e. The molecule has 0 radical (unpaired) electrons. The molecule has 4 nitrogen and oxygen atoms in total. The summed E-state index contributed by atoms with van der Waals surface area (Å²) in [5.74, 6) is 0.535. The quantitative estimate of drug-likeness (QED) is 0.719. The molecule has 0 spiro atoms. The Morgan fingerprint density at radius 2 is 1.95 bits per heavy atom. The number of nitrogens with two attached hydrogens (primary N) is 1. The summed E-state index contributed by atoms with van der Waals surface area (Å²) >= 11 is 3.27. The van der Waals surface area contributed by atoms with Crippen molar-refractivity contribution in [2.24, 2.45) is 11.7 Å². The average molecular weight is 369 g/mol. The molecule has 20 heavy (non-hydrogen) atoms. The standard InChI is InChI=1S/C14H22BrNO3.ClH/c1-4-8(3)13(17)12(16)9-6-10(15)14(18)11(7-9)19-5-2;/h6-8,12-13,17-18H,4-5,16H2,1-3H3;1H/t8?,12-,13+;/m1./s1. The van der Waals surface area contributed by atoms with Crippen molar-refractivity contribution in [3.8, 4) is 11.5 Å². The molecule has 0 bridgehead atoms. The van der Waals surface area contributed by atoms with Crippen molar-refractivity contribution in [1.82, 2.24) is 0 Å². The molecular formula is C14H23BrClNO3. The lowest BCUT2D eigenvalue weighted by molar-refractivity contribution is 0.0878. The Labute approximate surface area is 134 Å². The van der Waals surface area contributed by atoms with Gasteiger partial charge in [-0.1, -0.05) is 20.3 Å². The molecule has 0 saturated carbocycles. The van der Waals surface area contributed by atoms with Crippen LogP contribution in [0.25, 0.3) is 0 Å². The Hall–Kier alpha value is -0.490. The van der Waals surface area contributed by atoms with E-state index in [1.54, 1.807) is 12.1 Å². The molecule has 116 valence electrons. The third-order valence-electron chi connectivity index (χ3n) is 3.33. The van der Waals surface area contributed by atoms with Gasteiger partial charge in [-0.05, 0) is 46.5 Å². The van der Waals surface area contributed by atoms with E-state index >= 15 is 0 Å². The van der Waals surface area contributed by atoms with Gasteiger partial charge < -0.3 is 20.7 Å². The molecule has 4 N–H and O–H groups in total. The summed E-state index contributed by atoms with van der Waals surface area (Å²) < 4.78 is 5.87. The van der Waals surface area contributed by atoms with Crippen molar-refractivity contribution >= 4 is 28.3 Å². The number of aliphatic hydroxyl groups is 1. The molecule has 6 heteroatoms. The molecule has 1 aromatic rings. The zero-order valence-electron chi connectivity index (χ0n) is 12.0. The van der Waals surface area contributed by atoms with Gasteiger partial charge in [0.2, 0.25) is 0 Å². The normalized spacial score (nSPS) is 15.1. The number of phenols is 1. The molecule has 0 aliphatic rings. The van der Waals surface area contributed by atoms with Gasteiger partial charge in [-0.3, -0.25) is 0 Å². The van der Waals surface area contributed by atoms with Gasteiger partial charge in [-0.15, -0.1) is 12.4 Å². The maximum atomic E-state index is 10.2. The third kappa shape index (κ3) is 4.52. The fraction of sp³-hybridized carbons (Fsp3) is 0.571. The molecule has 1 unspecified atom stereocenters. The number of ether oxygens (including phenoxy) is 1. The van der Waals surface area contributed by atoms with Gasteiger partial charge in [0.15, 0.2) is 11.5 Å². The number of halogens is 2. The van der Waals surface area contributed by atoms with Crippen LogP contribution in [0.1, 0.15) is 38.8 Å². The van der Waals surface area contributed by atoms with Crippen LogP contribution in [-0.4, -0.2) is 22.9 Å². The molecule has 0 saturated heterocycles. The fourth-order valence-corrected chi connectivity index (χ4v) is 2.30. The molecule has 0 aliphatic carbocycles. The minimum absolute atomic E-state index is 0. The highest BCUT2D eigenvalue weighted by molar-refractivity contribution is 9.10.